The zero-order valence-electron chi connectivity index (χ0n) is 14.5. The molecule has 3 aromatic heterocycles. The minimum Gasteiger partial charge on any atom is -0.463 e. The lowest BCUT2D eigenvalue weighted by molar-refractivity contribution is -0.121. The van der Waals surface area contributed by atoms with E-state index in [0.29, 0.717) is 18.0 Å². The summed E-state index contributed by atoms with van der Waals surface area (Å²) in [4.78, 5) is 24.2. The molecule has 0 aliphatic carbocycles. The van der Waals surface area contributed by atoms with E-state index in [-0.39, 0.29) is 24.6 Å². The van der Waals surface area contributed by atoms with Gasteiger partial charge < -0.3 is 14.3 Å². The standard InChI is InChI=1S/C20H18N4O3/c25-19(14-23-11-9-15-4-1-2-5-17(15)23)21-10-12-24-20(26)8-7-16(22-24)18-6-3-13-27-18/h1-9,11,13H,10,12,14H2,(H,21,25). The Bertz CT molecular complexity index is 1130. The van der Waals surface area contributed by atoms with Crippen molar-refractivity contribution in [3.63, 3.8) is 0 Å². The van der Waals surface area contributed by atoms with Crippen LogP contribution in [-0.2, 0) is 17.9 Å². The van der Waals surface area contributed by atoms with E-state index < -0.39 is 0 Å². The fourth-order valence-corrected chi connectivity index (χ4v) is 2.96. The highest BCUT2D eigenvalue weighted by Crippen LogP contribution is 2.15. The fourth-order valence-electron chi connectivity index (χ4n) is 2.96. The molecule has 0 fully saturated rings. The number of aromatic nitrogens is 3. The number of benzene rings is 1. The first-order valence-corrected chi connectivity index (χ1v) is 8.63. The summed E-state index contributed by atoms with van der Waals surface area (Å²) in [5.74, 6) is 0.471. The highest BCUT2D eigenvalue weighted by atomic mass is 16.3. The Labute approximate surface area is 154 Å². The molecule has 0 unspecified atom stereocenters. The average Bonchev–Trinajstić information content (AvgIpc) is 3.34. The number of nitrogens with one attached hydrogen (secondary N) is 1. The summed E-state index contributed by atoms with van der Waals surface area (Å²) in [7, 11) is 0. The Morgan fingerprint density at radius 1 is 1.07 bits per heavy atom. The molecule has 0 saturated heterocycles. The number of hydrogen-bond donors (Lipinski definition) is 1. The number of fused-ring (bicyclic) bond motifs is 1. The normalized spacial score (nSPS) is 11.0. The molecule has 0 saturated carbocycles. The van der Waals surface area contributed by atoms with E-state index >= 15 is 0 Å². The van der Waals surface area contributed by atoms with Crippen LogP contribution in [0.1, 0.15) is 0 Å². The number of amides is 1. The molecule has 7 nitrogen and oxygen atoms in total. The molecule has 0 aliphatic heterocycles. The van der Waals surface area contributed by atoms with E-state index in [1.165, 1.54) is 10.7 Å². The summed E-state index contributed by atoms with van der Waals surface area (Å²) in [6, 6.07) is 16.5. The predicted molar refractivity (Wildman–Crippen MR) is 101 cm³/mol. The van der Waals surface area contributed by atoms with Crippen LogP contribution >= 0.6 is 0 Å². The Morgan fingerprint density at radius 3 is 2.81 bits per heavy atom. The van der Waals surface area contributed by atoms with Crippen LogP contribution in [-0.4, -0.2) is 26.8 Å². The van der Waals surface area contributed by atoms with Crippen LogP contribution in [0.15, 0.2) is 76.3 Å². The van der Waals surface area contributed by atoms with Gasteiger partial charge in [0.15, 0.2) is 5.76 Å². The molecule has 7 heteroatoms. The molecule has 0 bridgehead atoms. The fraction of sp³-hybridized carbons (Fsp3) is 0.150. The van der Waals surface area contributed by atoms with Crippen molar-refractivity contribution in [1.29, 1.82) is 0 Å². The lowest BCUT2D eigenvalue weighted by atomic mass is 10.2. The molecule has 0 spiro atoms. The monoisotopic (exact) mass is 362 g/mol. The lowest BCUT2D eigenvalue weighted by Crippen LogP contribution is -2.33. The molecular weight excluding hydrogens is 344 g/mol. The van der Waals surface area contributed by atoms with Crippen molar-refractivity contribution < 1.29 is 9.21 Å². The van der Waals surface area contributed by atoms with Crippen molar-refractivity contribution in [2.75, 3.05) is 6.54 Å². The van der Waals surface area contributed by atoms with Crippen LogP contribution in [0, 0.1) is 0 Å². The smallest absolute Gasteiger partial charge is 0.266 e. The predicted octanol–water partition coefficient (Wildman–Crippen LogP) is 2.27. The van der Waals surface area contributed by atoms with Gasteiger partial charge in [-0.3, -0.25) is 9.59 Å². The summed E-state index contributed by atoms with van der Waals surface area (Å²) in [5, 5.41) is 8.21. The largest absolute Gasteiger partial charge is 0.463 e. The van der Waals surface area contributed by atoms with Crippen LogP contribution in [0.25, 0.3) is 22.4 Å². The quantitative estimate of drug-likeness (QED) is 0.570. The van der Waals surface area contributed by atoms with Crippen molar-refractivity contribution in [2.45, 2.75) is 13.1 Å². The Kier molecular flexibility index (Phi) is 4.57. The molecule has 136 valence electrons. The van der Waals surface area contributed by atoms with Crippen molar-refractivity contribution in [3.8, 4) is 11.5 Å². The van der Waals surface area contributed by atoms with Gasteiger partial charge in [0.05, 0.1) is 12.8 Å². The molecule has 4 rings (SSSR count). The maximum atomic E-state index is 12.2. The summed E-state index contributed by atoms with van der Waals surface area (Å²) in [5.41, 5.74) is 1.36. The van der Waals surface area contributed by atoms with Gasteiger partial charge in [0.1, 0.15) is 12.2 Å². The Balaban J connectivity index is 1.37. The molecule has 0 radical (unpaired) electrons. The third-order valence-corrected chi connectivity index (χ3v) is 4.28. The summed E-state index contributed by atoms with van der Waals surface area (Å²) in [6.45, 7) is 0.820. The Hall–Kier alpha value is -3.61. The van der Waals surface area contributed by atoms with Gasteiger partial charge in [0, 0.05) is 24.3 Å². The molecule has 27 heavy (non-hydrogen) atoms. The number of furan rings is 1. The number of carbonyl (C=O) groups is 1. The summed E-state index contributed by atoms with van der Waals surface area (Å²) >= 11 is 0. The van der Waals surface area contributed by atoms with Gasteiger partial charge in [0.25, 0.3) is 5.56 Å². The minimum absolute atomic E-state index is 0.119. The highest BCUT2D eigenvalue weighted by molar-refractivity contribution is 5.83. The minimum atomic E-state index is -0.226. The van der Waals surface area contributed by atoms with Gasteiger partial charge in [-0.1, -0.05) is 18.2 Å². The second-order valence-corrected chi connectivity index (χ2v) is 6.11. The van der Waals surface area contributed by atoms with E-state index in [1.54, 1.807) is 24.5 Å². The number of para-hydroxylation sites is 1. The SMILES string of the molecule is O=C(Cn1ccc2ccccc21)NCCn1nc(-c2ccco2)ccc1=O. The molecule has 1 amide bonds. The molecule has 1 aromatic carbocycles. The van der Waals surface area contributed by atoms with Crippen molar-refractivity contribution in [1.82, 2.24) is 19.7 Å². The van der Waals surface area contributed by atoms with Gasteiger partial charge in [-0.2, -0.15) is 5.10 Å². The molecule has 3 heterocycles. The van der Waals surface area contributed by atoms with Crippen molar-refractivity contribution >= 4 is 16.8 Å². The number of nitrogens with zero attached hydrogens (tertiary/aromatic N) is 3. The van der Waals surface area contributed by atoms with Crippen LogP contribution in [0.3, 0.4) is 0 Å². The first-order valence-electron chi connectivity index (χ1n) is 8.63. The molecule has 1 N–H and O–H groups in total. The van der Waals surface area contributed by atoms with Crippen LogP contribution in [0.5, 0.6) is 0 Å². The van der Waals surface area contributed by atoms with Gasteiger partial charge >= 0.3 is 0 Å². The second-order valence-electron chi connectivity index (χ2n) is 6.11. The van der Waals surface area contributed by atoms with Gasteiger partial charge in [-0.05, 0) is 35.7 Å². The van der Waals surface area contributed by atoms with E-state index in [4.69, 9.17) is 4.42 Å². The molecule has 4 aromatic rings. The first kappa shape index (κ1) is 16.8. The van der Waals surface area contributed by atoms with Gasteiger partial charge in [-0.25, -0.2) is 4.68 Å². The Morgan fingerprint density at radius 2 is 1.96 bits per heavy atom. The third kappa shape index (κ3) is 3.67. The number of rotatable bonds is 6. The van der Waals surface area contributed by atoms with Gasteiger partial charge in [0.2, 0.25) is 5.91 Å². The highest BCUT2D eigenvalue weighted by Gasteiger charge is 2.08. The van der Waals surface area contributed by atoms with Crippen LogP contribution < -0.4 is 10.9 Å². The van der Waals surface area contributed by atoms with E-state index in [1.807, 2.05) is 41.1 Å². The zero-order valence-corrected chi connectivity index (χ0v) is 14.5. The maximum Gasteiger partial charge on any atom is 0.266 e. The molecular formula is C20H18N4O3. The van der Waals surface area contributed by atoms with E-state index in [2.05, 4.69) is 10.4 Å². The second kappa shape index (κ2) is 7.33. The van der Waals surface area contributed by atoms with Crippen molar-refractivity contribution in [2.24, 2.45) is 0 Å². The topological polar surface area (TPSA) is 82.1 Å². The summed E-state index contributed by atoms with van der Waals surface area (Å²) < 4.78 is 8.52. The summed E-state index contributed by atoms with van der Waals surface area (Å²) in [6.07, 6.45) is 3.45. The maximum absolute atomic E-state index is 12.2. The van der Waals surface area contributed by atoms with Crippen LogP contribution in [0.2, 0.25) is 0 Å². The van der Waals surface area contributed by atoms with E-state index in [0.717, 1.165) is 10.9 Å². The third-order valence-electron chi connectivity index (χ3n) is 4.28. The van der Waals surface area contributed by atoms with Crippen LogP contribution in [0.4, 0.5) is 0 Å². The van der Waals surface area contributed by atoms with Gasteiger partial charge in [-0.15, -0.1) is 0 Å². The van der Waals surface area contributed by atoms with E-state index in [9.17, 15) is 9.59 Å². The molecule has 0 aliphatic rings. The zero-order chi connectivity index (χ0) is 18.6. The number of carbonyl (C=O) groups excluding carboxylic acids is 1. The molecule has 0 atom stereocenters. The van der Waals surface area contributed by atoms with Crippen molar-refractivity contribution in [3.05, 3.63) is 77.4 Å². The lowest BCUT2D eigenvalue weighted by Gasteiger charge is -2.09. The number of hydrogen-bond acceptors (Lipinski definition) is 4. The average molecular weight is 362 g/mol. The first-order chi connectivity index (χ1) is 13.2.